The molecule has 0 atom stereocenters. The molecule has 28 heavy (non-hydrogen) atoms. The second kappa shape index (κ2) is 8.26. The number of benzene rings is 2. The van der Waals surface area contributed by atoms with Gasteiger partial charge in [0.2, 0.25) is 5.91 Å². The molecule has 2 amide bonds. The molecule has 1 N–H and O–H groups in total. The molecule has 0 aliphatic carbocycles. The van der Waals surface area contributed by atoms with Gasteiger partial charge in [0, 0.05) is 55.4 Å². The number of halogens is 1. The smallest absolute Gasteiger partial charge is 0.294 e. The summed E-state index contributed by atoms with van der Waals surface area (Å²) < 4.78 is 0. The second-order valence-electron chi connectivity index (χ2n) is 6.43. The van der Waals surface area contributed by atoms with Gasteiger partial charge in [-0.15, -0.1) is 0 Å². The SMILES string of the molecule is CC(=O)Nc1ccc(C(=O)N2CCN(c3ccc(Cl)cc3[N+](=O)[O-])CC2)cc1. The zero-order valence-electron chi connectivity index (χ0n) is 15.2. The van der Waals surface area contributed by atoms with E-state index in [1.165, 1.54) is 13.0 Å². The highest BCUT2D eigenvalue weighted by atomic mass is 35.5. The average molecular weight is 403 g/mol. The topological polar surface area (TPSA) is 95.8 Å². The molecule has 9 heteroatoms. The second-order valence-corrected chi connectivity index (χ2v) is 6.86. The number of hydrogen-bond acceptors (Lipinski definition) is 5. The maximum atomic E-state index is 12.7. The Hall–Kier alpha value is -3.13. The fourth-order valence-corrected chi connectivity index (χ4v) is 3.31. The molecule has 0 saturated carbocycles. The molecule has 0 unspecified atom stereocenters. The standard InChI is InChI=1S/C19H19ClN4O4/c1-13(25)21-16-5-2-14(3-6-16)19(26)23-10-8-22(9-11-23)17-7-4-15(20)12-18(17)24(27)28/h2-7,12H,8-11H2,1H3,(H,21,25). The van der Waals surface area contributed by atoms with E-state index in [2.05, 4.69) is 5.32 Å². The number of amides is 2. The molecular formula is C19H19ClN4O4. The summed E-state index contributed by atoms with van der Waals surface area (Å²) in [7, 11) is 0. The summed E-state index contributed by atoms with van der Waals surface area (Å²) in [6.45, 7) is 3.29. The number of rotatable bonds is 4. The zero-order chi connectivity index (χ0) is 20.3. The summed E-state index contributed by atoms with van der Waals surface area (Å²) in [5, 5.41) is 14.3. The number of hydrogen-bond donors (Lipinski definition) is 1. The van der Waals surface area contributed by atoms with Crippen LogP contribution >= 0.6 is 11.6 Å². The van der Waals surface area contributed by atoms with E-state index >= 15 is 0 Å². The third kappa shape index (κ3) is 4.40. The number of carbonyl (C=O) groups is 2. The van der Waals surface area contributed by atoms with Gasteiger partial charge in [0.05, 0.1) is 4.92 Å². The van der Waals surface area contributed by atoms with E-state index in [0.717, 1.165) is 0 Å². The Morgan fingerprint density at radius 1 is 1.07 bits per heavy atom. The van der Waals surface area contributed by atoms with Crippen LogP contribution in [-0.4, -0.2) is 47.8 Å². The van der Waals surface area contributed by atoms with Gasteiger partial charge in [-0.05, 0) is 36.4 Å². The van der Waals surface area contributed by atoms with Crippen LogP contribution in [0.3, 0.4) is 0 Å². The highest BCUT2D eigenvalue weighted by molar-refractivity contribution is 6.30. The Morgan fingerprint density at radius 3 is 2.29 bits per heavy atom. The minimum atomic E-state index is -0.449. The van der Waals surface area contributed by atoms with Gasteiger partial charge in [0.25, 0.3) is 11.6 Å². The van der Waals surface area contributed by atoms with Gasteiger partial charge in [-0.1, -0.05) is 11.6 Å². The highest BCUT2D eigenvalue weighted by Crippen LogP contribution is 2.31. The predicted octanol–water partition coefficient (Wildman–Crippen LogP) is 3.17. The van der Waals surface area contributed by atoms with Crippen LogP contribution in [0.1, 0.15) is 17.3 Å². The molecular weight excluding hydrogens is 384 g/mol. The fraction of sp³-hybridized carbons (Fsp3) is 0.263. The summed E-state index contributed by atoms with van der Waals surface area (Å²) in [6.07, 6.45) is 0. The predicted molar refractivity (Wildman–Crippen MR) is 107 cm³/mol. The molecule has 1 aliphatic heterocycles. The van der Waals surface area contributed by atoms with Gasteiger partial charge in [0.1, 0.15) is 5.69 Å². The van der Waals surface area contributed by atoms with Crippen LogP contribution in [0.4, 0.5) is 17.1 Å². The van der Waals surface area contributed by atoms with Gasteiger partial charge in [-0.3, -0.25) is 19.7 Å². The van der Waals surface area contributed by atoms with E-state index in [0.29, 0.717) is 48.1 Å². The molecule has 0 spiro atoms. The Balaban J connectivity index is 1.66. The van der Waals surface area contributed by atoms with Crippen LogP contribution in [0.5, 0.6) is 0 Å². The van der Waals surface area contributed by atoms with Crippen LogP contribution in [0, 0.1) is 10.1 Å². The molecule has 3 rings (SSSR count). The first-order chi connectivity index (χ1) is 13.3. The average Bonchev–Trinajstić information content (AvgIpc) is 2.67. The van der Waals surface area contributed by atoms with Gasteiger partial charge >= 0.3 is 0 Å². The molecule has 0 aromatic heterocycles. The largest absolute Gasteiger partial charge is 0.362 e. The number of anilines is 2. The monoisotopic (exact) mass is 402 g/mol. The van der Waals surface area contributed by atoms with Gasteiger partial charge in [0.15, 0.2) is 0 Å². The molecule has 1 heterocycles. The van der Waals surface area contributed by atoms with Crippen molar-refractivity contribution < 1.29 is 14.5 Å². The van der Waals surface area contributed by atoms with Crippen molar-refractivity contribution >= 4 is 40.5 Å². The van der Waals surface area contributed by atoms with Gasteiger partial charge < -0.3 is 15.1 Å². The highest BCUT2D eigenvalue weighted by Gasteiger charge is 2.26. The normalized spacial score (nSPS) is 13.9. The van der Waals surface area contributed by atoms with Crippen LogP contribution in [0.25, 0.3) is 0 Å². The summed E-state index contributed by atoms with van der Waals surface area (Å²) in [5.41, 5.74) is 1.62. The lowest BCUT2D eigenvalue weighted by Crippen LogP contribution is -2.48. The van der Waals surface area contributed by atoms with Crippen molar-refractivity contribution in [2.24, 2.45) is 0 Å². The number of nitrogens with one attached hydrogen (secondary N) is 1. The lowest BCUT2D eigenvalue weighted by molar-refractivity contribution is -0.384. The lowest BCUT2D eigenvalue weighted by atomic mass is 10.1. The van der Waals surface area contributed by atoms with E-state index in [1.54, 1.807) is 41.3 Å². The first kappa shape index (κ1) is 19.6. The number of nitro groups is 1. The summed E-state index contributed by atoms with van der Waals surface area (Å²) >= 11 is 5.87. The van der Waals surface area contributed by atoms with Crippen molar-refractivity contribution in [3.8, 4) is 0 Å². The van der Waals surface area contributed by atoms with E-state index in [-0.39, 0.29) is 17.5 Å². The Kier molecular flexibility index (Phi) is 5.79. The van der Waals surface area contributed by atoms with E-state index in [4.69, 9.17) is 11.6 Å². The van der Waals surface area contributed by atoms with Crippen LogP contribution < -0.4 is 10.2 Å². The molecule has 146 valence electrons. The molecule has 2 aromatic carbocycles. The molecule has 0 bridgehead atoms. The van der Waals surface area contributed by atoms with Crippen LogP contribution in [-0.2, 0) is 4.79 Å². The van der Waals surface area contributed by atoms with E-state index in [9.17, 15) is 19.7 Å². The lowest BCUT2D eigenvalue weighted by Gasteiger charge is -2.35. The van der Waals surface area contributed by atoms with Gasteiger partial charge in [-0.25, -0.2) is 0 Å². The summed E-state index contributed by atoms with van der Waals surface area (Å²) in [4.78, 5) is 38.2. The first-order valence-corrected chi connectivity index (χ1v) is 9.09. The van der Waals surface area contributed by atoms with E-state index < -0.39 is 4.92 Å². The maximum absolute atomic E-state index is 12.7. The van der Waals surface area contributed by atoms with Crippen molar-refractivity contribution in [2.75, 3.05) is 36.4 Å². The van der Waals surface area contributed by atoms with Crippen molar-refractivity contribution in [1.29, 1.82) is 0 Å². The van der Waals surface area contributed by atoms with Crippen LogP contribution in [0.15, 0.2) is 42.5 Å². The quantitative estimate of drug-likeness (QED) is 0.626. The first-order valence-electron chi connectivity index (χ1n) is 8.71. The van der Waals surface area contributed by atoms with E-state index in [1.807, 2.05) is 4.90 Å². The third-order valence-electron chi connectivity index (χ3n) is 4.49. The number of carbonyl (C=O) groups excluding carboxylic acids is 2. The van der Waals surface area contributed by atoms with Crippen LogP contribution in [0.2, 0.25) is 5.02 Å². The third-order valence-corrected chi connectivity index (χ3v) is 4.73. The van der Waals surface area contributed by atoms with Crippen molar-refractivity contribution in [2.45, 2.75) is 6.92 Å². The molecule has 1 saturated heterocycles. The Bertz CT molecular complexity index is 909. The van der Waals surface area contributed by atoms with Crippen molar-refractivity contribution in [1.82, 2.24) is 4.90 Å². The van der Waals surface area contributed by atoms with Gasteiger partial charge in [-0.2, -0.15) is 0 Å². The minimum absolute atomic E-state index is 0.0409. The zero-order valence-corrected chi connectivity index (χ0v) is 16.0. The Morgan fingerprint density at radius 2 is 1.71 bits per heavy atom. The maximum Gasteiger partial charge on any atom is 0.294 e. The molecule has 2 aromatic rings. The number of piperazine rings is 1. The molecule has 8 nitrogen and oxygen atoms in total. The molecule has 1 fully saturated rings. The number of nitrogens with zero attached hydrogens (tertiary/aromatic N) is 3. The number of nitro benzene ring substituents is 1. The van der Waals surface area contributed by atoms with Crippen molar-refractivity contribution in [3.05, 3.63) is 63.2 Å². The minimum Gasteiger partial charge on any atom is -0.362 e. The Labute approximate surface area is 166 Å². The molecule has 0 radical (unpaired) electrons. The molecule has 1 aliphatic rings. The van der Waals surface area contributed by atoms with Crippen molar-refractivity contribution in [3.63, 3.8) is 0 Å². The summed E-state index contributed by atoms with van der Waals surface area (Å²) in [6, 6.07) is 11.3. The summed E-state index contributed by atoms with van der Waals surface area (Å²) in [5.74, 6) is -0.286. The fourth-order valence-electron chi connectivity index (χ4n) is 3.14.